The van der Waals surface area contributed by atoms with Gasteiger partial charge in [0, 0.05) is 12.5 Å². The van der Waals surface area contributed by atoms with Crippen LogP contribution in [0.3, 0.4) is 0 Å². The van der Waals surface area contributed by atoms with Crippen molar-refractivity contribution in [3.8, 4) is 16.9 Å². The molecule has 3 aliphatic rings. The van der Waals surface area contributed by atoms with Crippen molar-refractivity contribution in [2.75, 3.05) is 19.7 Å². The minimum absolute atomic E-state index is 0.161. The summed E-state index contributed by atoms with van der Waals surface area (Å²) in [5.74, 6) is 0.239. The van der Waals surface area contributed by atoms with Crippen LogP contribution in [-0.4, -0.2) is 35.7 Å². The number of carboxylic acid groups (broad SMARTS) is 1. The number of aliphatic carboxylic acids is 1. The SMILES string of the molecule is O=C(O)C1CCN(C2CCc3cc(-c4ccc5c(c4)OCC5)ccc32)CC1. The lowest BCUT2D eigenvalue weighted by Gasteiger charge is -2.35. The second-order valence-corrected chi connectivity index (χ2v) is 8.04. The highest BCUT2D eigenvalue weighted by molar-refractivity contribution is 5.70. The van der Waals surface area contributed by atoms with Crippen molar-refractivity contribution in [1.82, 2.24) is 4.90 Å². The lowest BCUT2D eigenvalue weighted by Crippen LogP contribution is -2.38. The number of aryl methyl sites for hydroxylation is 1. The van der Waals surface area contributed by atoms with E-state index in [1.807, 2.05) is 0 Å². The third-order valence-electron chi connectivity index (χ3n) is 6.54. The van der Waals surface area contributed by atoms with Crippen LogP contribution in [0.25, 0.3) is 11.1 Å². The van der Waals surface area contributed by atoms with Crippen molar-refractivity contribution >= 4 is 5.97 Å². The highest BCUT2D eigenvalue weighted by atomic mass is 16.5. The molecule has 2 aromatic rings. The van der Waals surface area contributed by atoms with E-state index in [-0.39, 0.29) is 5.92 Å². The maximum atomic E-state index is 11.2. The molecule has 0 spiro atoms. The summed E-state index contributed by atoms with van der Waals surface area (Å²) >= 11 is 0. The molecule has 0 radical (unpaired) electrons. The number of rotatable bonds is 3. The Morgan fingerprint density at radius 3 is 2.56 bits per heavy atom. The van der Waals surface area contributed by atoms with E-state index in [9.17, 15) is 9.90 Å². The van der Waals surface area contributed by atoms with Crippen LogP contribution in [0.2, 0.25) is 0 Å². The van der Waals surface area contributed by atoms with Gasteiger partial charge >= 0.3 is 5.97 Å². The number of carboxylic acids is 1. The minimum Gasteiger partial charge on any atom is -0.493 e. The van der Waals surface area contributed by atoms with Gasteiger partial charge in [0.25, 0.3) is 0 Å². The Labute approximate surface area is 159 Å². The molecule has 1 saturated heterocycles. The van der Waals surface area contributed by atoms with Gasteiger partial charge in [-0.3, -0.25) is 9.69 Å². The first-order valence-electron chi connectivity index (χ1n) is 10.0. The van der Waals surface area contributed by atoms with Crippen LogP contribution in [-0.2, 0) is 17.6 Å². The number of likely N-dealkylation sites (tertiary alicyclic amines) is 1. The van der Waals surface area contributed by atoms with Gasteiger partial charge in [0.2, 0.25) is 0 Å². The average molecular weight is 363 g/mol. The Balaban J connectivity index is 1.36. The number of nitrogens with zero attached hydrogens (tertiary/aromatic N) is 1. The molecule has 1 unspecified atom stereocenters. The first kappa shape index (κ1) is 16.8. The van der Waals surface area contributed by atoms with E-state index in [0.717, 1.165) is 57.6 Å². The predicted molar refractivity (Wildman–Crippen MR) is 104 cm³/mol. The molecule has 1 fully saturated rings. The molecule has 1 atom stereocenters. The van der Waals surface area contributed by atoms with Gasteiger partial charge in [0.15, 0.2) is 0 Å². The Bertz CT molecular complexity index is 883. The second kappa shape index (κ2) is 6.68. The van der Waals surface area contributed by atoms with Crippen LogP contribution in [0.4, 0.5) is 0 Å². The Morgan fingerprint density at radius 1 is 0.963 bits per heavy atom. The van der Waals surface area contributed by atoms with Crippen LogP contribution in [0.5, 0.6) is 5.75 Å². The van der Waals surface area contributed by atoms with Crippen molar-refractivity contribution in [2.45, 2.75) is 38.1 Å². The molecule has 2 aliphatic heterocycles. The van der Waals surface area contributed by atoms with Crippen molar-refractivity contribution < 1.29 is 14.6 Å². The maximum absolute atomic E-state index is 11.2. The molecule has 1 aliphatic carbocycles. The number of benzene rings is 2. The molecule has 5 rings (SSSR count). The minimum atomic E-state index is -0.635. The first-order valence-corrected chi connectivity index (χ1v) is 10.0. The quantitative estimate of drug-likeness (QED) is 0.893. The van der Waals surface area contributed by atoms with Crippen LogP contribution in [0, 0.1) is 5.92 Å². The molecule has 140 valence electrons. The molecular weight excluding hydrogens is 338 g/mol. The highest BCUT2D eigenvalue weighted by Gasteiger charge is 2.32. The van der Waals surface area contributed by atoms with Crippen molar-refractivity contribution in [1.29, 1.82) is 0 Å². The van der Waals surface area contributed by atoms with Crippen molar-refractivity contribution in [2.24, 2.45) is 5.92 Å². The van der Waals surface area contributed by atoms with Crippen molar-refractivity contribution in [3.05, 3.63) is 53.1 Å². The molecule has 0 aromatic heterocycles. The number of hydrogen-bond acceptors (Lipinski definition) is 3. The Kier molecular flexibility index (Phi) is 4.16. The molecular formula is C23H25NO3. The van der Waals surface area contributed by atoms with E-state index < -0.39 is 5.97 Å². The third-order valence-corrected chi connectivity index (χ3v) is 6.54. The van der Waals surface area contributed by atoms with E-state index in [4.69, 9.17) is 4.74 Å². The molecule has 0 amide bonds. The lowest BCUT2D eigenvalue weighted by atomic mass is 9.94. The smallest absolute Gasteiger partial charge is 0.306 e. The zero-order valence-corrected chi connectivity index (χ0v) is 15.5. The molecule has 27 heavy (non-hydrogen) atoms. The summed E-state index contributed by atoms with van der Waals surface area (Å²) in [7, 11) is 0. The van der Waals surface area contributed by atoms with E-state index in [2.05, 4.69) is 41.3 Å². The van der Waals surface area contributed by atoms with E-state index >= 15 is 0 Å². The van der Waals surface area contributed by atoms with Crippen LogP contribution in [0.1, 0.15) is 42.0 Å². The van der Waals surface area contributed by atoms with E-state index in [1.165, 1.54) is 27.8 Å². The summed E-state index contributed by atoms with van der Waals surface area (Å²) < 4.78 is 5.73. The molecule has 1 N–H and O–H groups in total. The van der Waals surface area contributed by atoms with Gasteiger partial charge < -0.3 is 9.84 Å². The molecule has 0 bridgehead atoms. The maximum Gasteiger partial charge on any atom is 0.306 e. The van der Waals surface area contributed by atoms with Crippen LogP contribution in [0.15, 0.2) is 36.4 Å². The zero-order valence-electron chi connectivity index (χ0n) is 15.5. The number of hydrogen-bond donors (Lipinski definition) is 1. The molecule has 0 saturated carbocycles. The Morgan fingerprint density at radius 2 is 1.74 bits per heavy atom. The summed E-state index contributed by atoms with van der Waals surface area (Å²) in [5, 5.41) is 9.22. The summed E-state index contributed by atoms with van der Waals surface area (Å²) in [6, 6.07) is 13.9. The van der Waals surface area contributed by atoms with Gasteiger partial charge in [-0.2, -0.15) is 0 Å². The number of piperidine rings is 1. The number of fused-ring (bicyclic) bond motifs is 2. The van der Waals surface area contributed by atoms with E-state index in [1.54, 1.807) is 0 Å². The van der Waals surface area contributed by atoms with Gasteiger partial charge in [-0.15, -0.1) is 0 Å². The first-order chi connectivity index (χ1) is 13.2. The van der Waals surface area contributed by atoms with Gasteiger partial charge in [0.1, 0.15) is 5.75 Å². The average Bonchev–Trinajstić information content (AvgIpc) is 3.33. The topological polar surface area (TPSA) is 49.8 Å². The van der Waals surface area contributed by atoms with Crippen LogP contribution >= 0.6 is 0 Å². The lowest BCUT2D eigenvalue weighted by molar-refractivity contribution is -0.143. The number of carbonyl (C=O) groups is 1. The summed E-state index contributed by atoms with van der Waals surface area (Å²) in [4.78, 5) is 13.7. The van der Waals surface area contributed by atoms with Gasteiger partial charge in [-0.1, -0.05) is 30.3 Å². The van der Waals surface area contributed by atoms with E-state index in [0.29, 0.717) is 6.04 Å². The summed E-state index contributed by atoms with van der Waals surface area (Å²) in [6.45, 7) is 2.58. The fourth-order valence-corrected chi connectivity index (χ4v) is 4.96. The second-order valence-electron chi connectivity index (χ2n) is 8.04. The third kappa shape index (κ3) is 3.02. The highest BCUT2D eigenvalue weighted by Crippen LogP contribution is 2.40. The molecule has 4 nitrogen and oxygen atoms in total. The largest absolute Gasteiger partial charge is 0.493 e. The molecule has 2 heterocycles. The fourth-order valence-electron chi connectivity index (χ4n) is 4.96. The summed E-state index contributed by atoms with van der Waals surface area (Å²) in [5.41, 5.74) is 6.68. The fraction of sp³-hybridized carbons (Fsp3) is 0.435. The summed E-state index contributed by atoms with van der Waals surface area (Å²) in [6.07, 6.45) is 4.81. The normalized spacial score (nSPS) is 22.3. The number of ether oxygens (including phenoxy) is 1. The zero-order chi connectivity index (χ0) is 18.4. The van der Waals surface area contributed by atoms with Gasteiger partial charge in [-0.25, -0.2) is 0 Å². The monoisotopic (exact) mass is 363 g/mol. The molecule has 2 aromatic carbocycles. The predicted octanol–water partition coefficient (Wildman–Crippen LogP) is 4.07. The Hall–Kier alpha value is -2.33. The van der Waals surface area contributed by atoms with Gasteiger partial charge in [0.05, 0.1) is 12.5 Å². The van der Waals surface area contributed by atoms with Crippen molar-refractivity contribution in [3.63, 3.8) is 0 Å². The standard InChI is InChI=1S/C23H25NO3/c25-23(26)16-7-10-24(11-8-16)21-6-4-19-13-17(3-5-20(19)21)18-2-1-15-9-12-27-22(15)14-18/h1-3,5,13-14,16,21H,4,6-12H2,(H,25,26). The molecule has 4 heteroatoms. The van der Waals surface area contributed by atoms with Crippen LogP contribution < -0.4 is 4.74 Å². The van der Waals surface area contributed by atoms with Gasteiger partial charge in [-0.05, 0) is 72.7 Å².